The maximum absolute atomic E-state index is 3.78. The van der Waals surface area contributed by atoms with Gasteiger partial charge >= 0.3 is 0 Å². The summed E-state index contributed by atoms with van der Waals surface area (Å²) < 4.78 is 0. The van der Waals surface area contributed by atoms with E-state index in [0.29, 0.717) is 5.37 Å². The van der Waals surface area contributed by atoms with Crippen LogP contribution in [0.3, 0.4) is 0 Å². The van der Waals surface area contributed by atoms with E-state index < -0.39 is 0 Å². The fraction of sp³-hybridized carbons (Fsp3) is 0.684. The lowest BCUT2D eigenvalue weighted by Crippen LogP contribution is -2.22. The molecule has 1 aliphatic carbocycles. The van der Waals surface area contributed by atoms with Crippen molar-refractivity contribution in [2.75, 3.05) is 5.32 Å². The van der Waals surface area contributed by atoms with Crippen molar-refractivity contribution in [2.45, 2.75) is 80.9 Å². The van der Waals surface area contributed by atoms with Crippen LogP contribution in [0.1, 0.15) is 70.6 Å². The molecule has 1 aromatic carbocycles. The lowest BCUT2D eigenvalue weighted by Gasteiger charge is -2.24. The van der Waals surface area contributed by atoms with Gasteiger partial charge in [0.2, 0.25) is 0 Å². The summed E-state index contributed by atoms with van der Waals surface area (Å²) in [5, 5.41) is 4.40. The second-order valence-electron chi connectivity index (χ2n) is 6.70. The molecule has 2 aliphatic rings. The average Bonchev–Trinajstić information content (AvgIpc) is 2.91. The summed E-state index contributed by atoms with van der Waals surface area (Å²) in [5.41, 5.74) is 1.36. The lowest BCUT2D eigenvalue weighted by molar-refractivity contribution is 0.397. The predicted octanol–water partition coefficient (Wildman–Crippen LogP) is 6.45. The molecular weight excluding hydrogens is 274 g/mol. The minimum Gasteiger partial charge on any atom is -0.372 e. The van der Waals surface area contributed by atoms with Crippen LogP contribution in [0.2, 0.25) is 0 Å². The Morgan fingerprint density at radius 2 is 1.33 bits per heavy atom. The SMILES string of the molecule is c1ccc2c(c1)NC(C1CCCCCCCCCCC1)S2. The molecule has 1 atom stereocenters. The zero-order valence-electron chi connectivity index (χ0n) is 13.2. The van der Waals surface area contributed by atoms with Crippen molar-refractivity contribution in [1.82, 2.24) is 0 Å². The number of hydrogen-bond donors (Lipinski definition) is 1. The van der Waals surface area contributed by atoms with Crippen molar-refractivity contribution < 1.29 is 0 Å². The standard InChI is InChI=1S/C19H29NS/c1-2-4-6-8-12-16(13-9-7-5-3-1)19-20-17-14-10-11-15-18(17)21-19/h10-11,14-16,19-20H,1-9,12-13H2. The Hall–Kier alpha value is -0.630. The van der Waals surface area contributed by atoms with Crippen molar-refractivity contribution in [2.24, 2.45) is 5.92 Å². The summed E-state index contributed by atoms with van der Waals surface area (Å²) in [6, 6.07) is 8.81. The van der Waals surface area contributed by atoms with Crippen LogP contribution in [0, 0.1) is 5.92 Å². The largest absolute Gasteiger partial charge is 0.372 e. The maximum Gasteiger partial charge on any atom is 0.0798 e. The monoisotopic (exact) mass is 303 g/mol. The van der Waals surface area contributed by atoms with Crippen LogP contribution < -0.4 is 5.32 Å². The summed E-state index contributed by atoms with van der Waals surface area (Å²) in [5.74, 6) is 0.849. The second kappa shape index (κ2) is 8.12. The normalized spacial score (nSPS) is 25.4. The van der Waals surface area contributed by atoms with Gasteiger partial charge in [0.1, 0.15) is 0 Å². The molecule has 1 unspecified atom stereocenters. The zero-order valence-corrected chi connectivity index (χ0v) is 14.0. The van der Waals surface area contributed by atoms with Crippen LogP contribution in [-0.4, -0.2) is 5.37 Å². The molecule has 1 heterocycles. The van der Waals surface area contributed by atoms with Gasteiger partial charge in [-0.15, -0.1) is 0 Å². The van der Waals surface area contributed by atoms with E-state index in [-0.39, 0.29) is 0 Å². The number of fused-ring (bicyclic) bond motifs is 1. The molecule has 0 amide bonds. The molecule has 1 aliphatic heterocycles. The molecule has 0 radical (unpaired) electrons. The number of nitrogens with one attached hydrogen (secondary N) is 1. The predicted molar refractivity (Wildman–Crippen MR) is 94.0 cm³/mol. The second-order valence-corrected chi connectivity index (χ2v) is 7.88. The minimum absolute atomic E-state index is 0.616. The minimum atomic E-state index is 0.616. The first-order valence-corrected chi connectivity index (χ1v) is 9.84. The van der Waals surface area contributed by atoms with Crippen LogP contribution in [0.4, 0.5) is 5.69 Å². The third-order valence-electron chi connectivity index (χ3n) is 5.02. The number of anilines is 1. The summed E-state index contributed by atoms with van der Waals surface area (Å²) >= 11 is 2.07. The molecule has 2 heteroatoms. The van der Waals surface area contributed by atoms with Gasteiger partial charge < -0.3 is 5.32 Å². The first-order valence-electron chi connectivity index (χ1n) is 8.96. The van der Waals surface area contributed by atoms with E-state index in [1.807, 2.05) is 0 Å². The van der Waals surface area contributed by atoms with Gasteiger partial charge in [0.25, 0.3) is 0 Å². The van der Waals surface area contributed by atoms with Gasteiger partial charge in [0, 0.05) is 10.6 Å². The van der Waals surface area contributed by atoms with E-state index >= 15 is 0 Å². The van der Waals surface area contributed by atoms with Crippen molar-refractivity contribution >= 4 is 17.4 Å². The summed E-state index contributed by atoms with van der Waals surface area (Å²) in [7, 11) is 0. The van der Waals surface area contributed by atoms with Crippen LogP contribution >= 0.6 is 11.8 Å². The van der Waals surface area contributed by atoms with Crippen LogP contribution in [-0.2, 0) is 0 Å². The Balaban J connectivity index is 1.56. The number of rotatable bonds is 1. The Kier molecular flexibility index (Phi) is 5.91. The smallest absolute Gasteiger partial charge is 0.0798 e. The van der Waals surface area contributed by atoms with Crippen molar-refractivity contribution in [3.05, 3.63) is 24.3 Å². The molecular formula is C19H29NS. The van der Waals surface area contributed by atoms with Gasteiger partial charge in [-0.1, -0.05) is 81.7 Å². The van der Waals surface area contributed by atoms with Crippen LogP contribution in [0.15, 0.2) is 29.2 Å². The molecule has 0 spiro atoms. The number of benzene rings is 1. The highest BCUT2D eigenvalue weighted by atomic mass is 32.2. The van der Waals surface area contributed by atoms with Gasteiger partial charge in [-0.3, -0.25) is 0 Å². The van der Waals surface area contributed by atoms with Gasteiger partial charge in [-0.2, -0.15) is 0 Å². The van der Waals surface area contributed by atoms with Crippen LogP contribution in [0.25, 0.3) is 0 Å². The quantitative estimate of drug-likeness (QED) is 0.639. The van der Waals surface area contributed by atoms with Crippen molar-refractivity contribution in [1.29, 1.82) is 0 Å². The Morgan fingerprint density at radius 1 is 0.762 bits per heavy atom. The van der Waals surface area contributed by atoms with E-state index in [1.54, 1.807) is 0 Å². The molecule has 0 saturated heterocycles. The molecule has 1 saturated carbocycles. The van der Waals surface area contributed by atoms with Crippen LogP contribution in [0.5, 0.6) is 0 Å². The first kappa shape index (κ1) is 15.3. The van der Waals surface area contributed by atoms with Gasteiger partial charge in [-0.05, 0) is 30.9 Å². The molecule has 0 aromatic heterocycles. The van der Waals surface area contributed by atoms with E-state index in [0.717, 1.165) is 5.92 Å². The molecule has 1 nitrogen and oxygen atoms in total. The Labute approximate surface area is 134 Å². The lowest BCUT2D eigenvalue weighted by atomic mass is 9.92. The van der Waals surface area contributed by atoms with E-state index in [1.165, 1.54) is 81.2 Å². The van der Waals surface area contributed by atoms with E-state index in [9.17, 15) is 0 Å². The Morgan fingerprint density at radius 3 is 1.95 bits per heavy atom. The average molecular weight is 304 g/mol. The molecule has 1 N–H and O–H groups in total. The maximum atomic E-state index is 3.78. The zero-order chi connectivity index (χ0) is 14.3. The Bertz CT molecular complexity index is 394. The third-order valence-corrected chi connectivity index (χ3v) is 6.38. The molecule has 21 heavy (non-hydrogen) atoms. The topological polar surface area (TPSA) is 12.0 Å². The molecule has 1 fully saturated rings. The number of thioether (sulfide) groups is 1. The molecule has 1 aromatic rings. The van der Waals surface area contributed by atoms with E-state index in [4.69, 9.17) is 0 Å². The number of hydrogen-bond acceptors (Lipinski definition) is 2. The van der Waals surface area contributed by atoms with Gasteiger partial charge in [0.15, 0.2) is 0 Å². The van der Waals surface area contributed by atoms with Gasteiger partial charge in [-0.25, -0.2) is 0 Å². The van der Waals surface area contributed by atoms with Crippen molar-refractivity contribution in [3.8, 4) is 0 Å². The van der Waals surface area contributed by atoms with E-state index in [2.05, 4.69) is 41.3 Å². The van der Waals surface area contributed by atoms with Crippen molar-refractivity contribution in [3.63, 3.8) is 0 Å². The van der Waals surface area contributed by atoms with Gasteiger partial charge in [0.05, 0.1) is 5.37 Å². The number of para-hydroxylation sites is 1. The highest BCUT2D eigenvalue weighted by molar-refractivity contribution is 8.00. The highest BCUT2D eigenvalue weighted by Crippen LogP contribution is 2.43. The molecule has 116 valence electrons. The molecule has 3 rings (SSSR count). The molecule has 0 bridgehead atoms. The fourth-order valence-corrected chi connectivity index (χ4v) is 5.05. The first-order chi connectivity index (χ1) is 10.4. The third kappa shape index (κ3) is 4.42. The summed E-state index contributed by atoms with van der Waals surface area (Å²) in [4.78, 5) is 1.45. The highest BCUT2D eigenvalue weighted by Gasteiger charge is 2.28. The fourth-order valence-electron chi connectivity index (χ4n) is 3.72. The summed E-state index contributed by atoms with van der Waals surface area (Å²) in [6.45, 7) is 0. The summed E-state index contributed by atoms with van der Waals surface area (Å²) in [6.07, 6.45) is 15.9.